The number of benzene rings is 1. The third-order valence-electron chi connectivity index (χ3n) is 3.10. The number of hydrogen-bond donors (Lipinski definition) is 1. The van der Waals surface area contributed by atoms with Gasteiger partial charge in [0.2, 0.25) is 0 Å². The summed E-state index contributed by atoms with van der Waals surface area (Å²) in [5, 5.41) is 9.16. The van der Waals surface area contributed by atoms with Gasteiger partial charge in [-0.05, 0) is 5.56 Å². The van der Waals surface area contributed by atoms with E-state index in [0.29, 0.717) is 26.2 Å². The van der Waals surface area contributed by atoms with Gasteiger partial charge in [-0.3, -0.25) is 9.69 Å². The predicted molar refractivity (Wildman–Crippen MR) is 67.8 cm³/mol. The number of carbonyl (C=O) groups is 1. The van der Waals surface area contributed by atoms with Gasteiger partial charge in [-0.15, -0.1) is 0 Å². The van der Waals surface area contributed by atoms with Gasteiger partial charge in [0.15, 0.2) is 0 Å². The molecule has 4 heteroatoms. The summed E-state index contributed by atoms with van der Waals surface area (Å²) in [6.45, 7) is 4.17. The lowest BCUT2D eigenvalue weighted by molar-refractivity contribution is -0.151. The fourth-order valence-corrected chi connectivity index (χ4v) is 2.02. The third-order valence-corrected chi connectivity index (χ3v) is 3.10. The summed E-state index contributed by atoms with van der Waals surface area (Å²) < 4.78 is 5.26. The van der Waals surface area contributed by atoms with E-state index in [9.17, 15) is 4.79 Å². The minimum Gasteiger partial charge on any atom is -0.461 e. The molecule has 1 N–H and O–H groups in total. The van der Waals surface area contributed by atoms with E-state index >= 15 is 0 Å². The molecular weight excluding hydrogens is 230 g/mol. The molecule has 0 bridgehead atoms. The molecule has 1 saturated heterocycles. The highest BCUT2D eigenvalue weighted by molar-refractivity contribution is 5.72. The topological polar surface area (TPSA) is 49.8 Å². The number of aliphatic hydroxyl groups is 1. The van der Waals surface area contributed by atoms with E-state index < -0.39 is 0 Å². The van der Waals surface area contributed by atoms with Crippen molar-refractivity contribution >= 4 is 5.97 Å². The van der Waals surface area contributed by atoms with E-state index in [1.165, 1.54) is 0 Å². The second-order valence-electron chi connectivity index (χ2n) is 4.87. The lowest BCUT2D eigenvalue weighted by Crippen LogP contribution is -2.52. The van der Waals surface area contributed by atoms with E-state index in [4.69, 9.17) is 9.84 Å². The summed E-state index contributed by atoms with van der Waals surface area (Å²) in [5.41, 5.74) is 0.998. The molecule has 98 valence electrons. The molecule has 2 rings (SSSR count). The Balaban J connectivity index is 1.71. The van der Waals surface area contributed by atoms with E-state index in [2.05, 4.69) is 4.90 Å². The van der Waals surface area contributed by atoms with Gasteiger partial charge in [0, 0.05) is 19.6 Å². The molecule has 1 unspecified atom stereocenters. The zero-order chi connectivity index (χ0) is 13.0. The van der Waals surface area contributed by atoms with Crippen LogP contribution in [0.25, 0.3) is 0 Å². The van der Waals surface area contributed by atoms with E-state index in [0.717, 1.165) is 5.56 Å². The highest BCUT2D eigenvalue weighted by Gasteiger charge is 2.27. The highest BCUT2D eigenvalue weighted by atomic mass is 16.5. The van der Waals surface area contributed by atoms with Crippen LogP contribution in [0.5, 0.6) is 0 Å². The number of rotatable bonds is 5. The van der Waals surface area contributed by atoms with Gasteiger partial charge >= 0.3 is 5.97 Å². The second-order valence-corrected chi connectivity index (χ2v) is 4.87. The number of aliphatic hydroxyl groups excluding tert-OH is 1. The monoisotopic (exact) mass is 249 g/mol. The molecule has 1 aromatic rings. The maximum Gasteiger partial charge on any atom is 0.310 e. The quantitative estimate of drug-likeness (QED) is 0.792. The first-order valence-electron chi connectivity index (χ1n) is 6.26. The van der Waals surface area contributed by atoms with Crippen LogP contribution in [0.15, 0.2) is 30.3 Å². The van der Waals surface area contributed by atoms with E-state index in [1.54, 1.807) is 0 Å². The number of β-amino-alcohol motifs (C(OH)–C–C–N with tert-alkyl or cyclic N) is 1. The summed E-state index contributed by atoms with van der Waals surface area (Å²) in [6.07, 6.45) is -0.225. The zero-order valence-electron chi connectivity index (χ0n) is 10.6. The molecule has 1 fully saturated rings. The average Bonchev–Trinajstić information content (AvgIpc) is 2.35. The number of nitrogens with zero attached hydrogens (tertiary/aromatic N) is 1. The van der Waals surface area contributed by atoms with Crippen molar-refractivity contribution in [3.05, 3.63) is 35.9 Å². The first-order chi connectivity index (χ1) is 8.65. The number of hydrogen-bond acceptors (Lipinski definition) is 4. The number of likely N-dealkylation sites (tertiary alicyclic amines) is 1. The Morgan fingerprint density at radius 2 is 2.11 bits per heavy atom. The Bertz CT molecular complexity index is 387. The summed E-state index contributed by atoms with van der Waals surface area (Å²) >= 11 is 0. The van der Waals surface area contributed by atoms with Gasteiger partial charge in [0.05, 0.1) is 12.0 Å². The summed E-state index contributed by atoms with van der Waals surface area (Å²) in [7, 11) is 0. The third kappa shape index (κ3) is 3.55. The Morgan fingerprint density at radius 3 is 2.72 bits per heavy atom. The smallest absolute Gasteiger partial charge is 0.310 e. The van der Waals surface area contributed by atoms with Crippen molar-refractivity contribution in [1.29, 1.82) is 0 Å². The van der Waals surface area contributed by atoms with Crippen LogP contribution in [0.4, 0.5) is 0 Å². The lowest BCUT2D eigenvalue weighted by atomic mass is 10.1. The molecule has 1 atom stereocenters. The normalized spacial score (nSPS) is 18.1. The molecule has 0 saturated carbocycles. The molecule has 1 heterocycles. The van der Waals surface area contributed by atoms with Gasteiger partial charge in [0.25, 0.3) is 0 Å². The van der Waals surface area contributed by atoms with Gasteiger partial charge in [-0.2, -0.15) is 0 Å². The van der Waals surface area contributed by atoms with Gasteiger partial charge in [-0.1, -0.05) is 37.3 Å². The van der Waals surface area contributed by atoms with Gasteiger partial charge < -0.3 is 9.84 Å². The summed E-state index contributed by atoms with van der Waals surface area (Å²) in [5.74, 6) is -0.332. The van der Waals surface area contributed by atoms with Crippen LogP contribution in [0.3, 0.4) is 0 Å². The van der Waals surface area contributed by atoms with Crippen LogP contribution in [-0.4, -0.2) is 41.7 Å². The SMILES string of the molecule is CC(CN1CC(O)C1)C(=O)OCc1ccccc1. The van der Waals surface area contributed by atoms with Crippen molar-refractivity contribution < 1.29 is 14.6 Å². The first-order valence-corrected chi connectivity index (χ1v) is 6.26. The summed E-state index contributed by atoms with van der Waals surface area (Å²) in [6, 6.07) is 9.65. The molecule has 0 radical (unpaired) electrons. The fourth-order valence-electron chi connectivity index (χ4n) is 2.02. The van der Waals surface area contributed by atoms with Crippen molar-refractivity contribution in [2.45, 2.75) is 19.6 Å². The van der Waals surface area contributed by atoms with Crippen LogP contribution in [0, 0.1) is 5.92 Å². The van der Waals surface area contributed by atoms with Crippen LogP contribution < -0.4 is 0 Å². The van der Waals surface area contributed by atoms with Crippen LogP contribution in [-0.2, 0) is 16.1 Å². The van der Waals surface area contributed by atoms with Gasteiger partial charge in [0.1, 0.15) is 6.61 Å². The molecular formula is C14H19NO3. The minimum absolute atomic E-state index is 0.152. The Kier molecular flexibility index (Phi) is 4.33. The maximum atomic E-state index is 11.8. The molecule has 0 aromatic heterocycles. The van der Waals surface area contributed by atoms with Crippen molar-refractivity contribution in [3.8, 4) is 0 Å². The standard InChI is InChI=1S/C14H19NO3/c1-11(7-15-8-13(16)9-15)14(17)18-10-12-5-3-2-4-6-12/h2-6,11,13,16H,7-10H2,1H3. The van der Waals surface area contributed by atoms with Crippen molar-refractivity contribution in [3.63, 3.8) is 0 Å². The molecule has 0 aliphatic carbocycles. The average molecular weight is 249 g/mol. The largest absolute Gasteiger partial charge is 0.461 e. The highest BCUT2D eigenvalue weighted by Crippen LogP contribution is 2.12. The number of carbonyl (C=O) groups excluding carboxylic acids is 1. The van der Waals surface area contributed by atoms with Crippen LogP contribution in [0.1, 0.15) is 12.5 Å². The Hall–Kier alpha value is -1.39. The zero-order valence-corrected chi connectivity index (χ0v) is 10.6. The Morgan fingerprint density at radius 1 is 1.44 bits per heavy atom. The van der Waals surface area contributed by atoms with Crippen molar-refractivity contribution in [2.24, 2.45) is 5.92 Å². The van der Waals surface area contributed by atoms with Crippen molar-refractivity contribution in [2.75, 3.05) is 19.6 Å². The molecule has 18 heavy (non-hydrogen) atoms. The summed E-state index contributed by atoms with van der Waals surface area (Å²) in [4.78, 5) is 13.8. The maximum absolute atomic E-state index is 11.8. The number of esters is 1. The van der Waals surface area contributed by atoms with E-state index in [1.807, 2.05) is 37.3 Å². The molecule has 4 nitrogen and oxygen atoms in total. The van der Waals surface area contributed by atoms with Crippen molar-refractivity contribution in [1.82, 2.24) is 4.90 Å². The minimum atomic E-state index is -0.225. The number of ether oxygens (including phenoxy) is 1. The lowest BCUT2D eigenvalue weighted by Gasteiger charge is -2.36. The van der Waals surface area contributed by atoms with Crippen LogP contribution >= 0.6 is 0 Å². The first kappa shape index (κ1) is 13.1. The molecule has 0 amide bonds. The predicted octanol–water partition coefficient (Wildman–Crippen LogP) is 1.04. The molecule has 0 spiro atoms. The Labute approximate surface area is 107 Å². The van der Waals surface area contributed by atoms with Crippen LogP contribution in [0.2, 0.25) is 0 Å². The molecule has 1 aliphatic heterocycles. The second kappa shape index (κ2) is 5.98. The molecule has 1 aliphatic rings. The van der Waals surface area contributed by atoms with E-state index in [-0.39, 0.29) is 18.0 Å². The van der Waals surface area contributed by atoms with Gasteiger partial charge in [-0.25, -0.2) is 0 Å². The molecule has 1 aromatic carbocycles. The fraction of sp³-hybridized carbons (Fsp3) is 0.500.